The highest BCUT2D eigenvalue weighted by atomic mass is 16.5. The Morgan fingerprint density at radius 2 is 1.30 bits per heavy atom. The first kappa shape index (κ1) is 33.3. The Kier molecular flexibility index (Phi) is 21.0. The maximum absolute atomic E-state index is 12.5. The molecule has 0 aliphatic carbocycles. The molecule has 0 spiro atoms. The van der Waals surface area contributed by atoms with Gasteiger partial charge in [-0.2, -0.15) is 0 Å². The van der Waals surface area contributed by atoms with Crippen LogP contribution in [0.5, 0.6) is 11.5 Å². The summed E-state index contributed by atoms with van der Waals surface area (Å²) in [5.74, 6) is 0.736. The van der Waals surface area contributed by atoms with Gasteiger partial charge in [0.05, 0.1) is 13.2 Å². The minimum atomic E-state index is -0.154. The van der Waals surface area contributed by atoms with Gasteiger partial charge in [-0.25, -0.2) is 0 Å². The molecule has 5 heteroatoms. The highest BCUT2D eigenvalue weighted by Gasteiger charge is 2.14. The summed E-state index contributed by atoms with van der Waals surface area (Å²) in [7, 11) is 0. The number of phenols is 1. The molecular weight excluding hydrogens is 464 g/mol. The zero-order chi connectivity index (χ0) is 27.0. The molecule has 1 aromatic rings. The molecule has 0 aliphatic rings. The zero-order valence-electron chi connectivity index (χ0n) is 24.0. The fourth-order valence-electron chi connectivity index (χ4n) is 4.73. The van der Waals surface area contributed by atoms with Gasteiger partial charge in [0.1, 0.15) is 17.6 Å². The van der Waals surface area contributed by atoms with E-state index in [0.29, 0.717) is 24.3 Å². The number of carbonyl (C=O) groups is 1. The second-order valence-electron chi connectivity index (χ2n) is 10.5. The van der Waals surface area contributed by atoms with Crippen molar-refractivity contribution in [2.75, 3.05) is 6.61 Å². The van der Waals surface area contributed by atoms with Crippen molar-refractivity contribution in [2.24, 2.45) is 0 Å². The molecule has 2 N–H and O–H groups in total. The monoisotopic (exact) mass is 520 g/mol. The van der Waals surface area contributed by atoms with Crippen molar-refractivity contribution in [3.8, 4) is 11.5 Å². The third-order valence-electron chi connectivity index (χ3n) is 7.05. The number of hydrogen-bond donors (Lipinski definition) is 2. The molecule has 1 aromatic carbocycles. The van der Waals surface area contributed by atoms with E-state index in [2.05, 4.69) is 13.8 Å². The van der Waals surface area contributed by atoms with E-state index in [4.69, 9.17) is 9.47 Å². The maximum Gasteiger partial charge on any atom is 0.306 e. The first-order chi connectivity index (χ1) is 18.1. The van der Waals surface area contributed by atoms with Crippen molar-refractivity contribution in [3.63, 3.8) is 0 Å². The van der Waals surface area contributed by atoms with Gasteiger partial charge in [-0.3, -0.25) is 4.79 Å². The van der Waals surface area contributed by atoms with Crippen molar-refractivity contribution >= 4 is 5.97 Å². The standard InChI is InChI=1S/C32H56O5/c1-3-5-7-9-12-16-20-30(21-17-13-10-8-6-4-2)37-32(35)22-18-14-11-15-19-25-36-31-24-23-29(34)26-28(31)27-33/h23-24,26,30,33-34H,3-22,25,27H2,1-2H3. The lowest BCUT2D eigenvalue weighted by atomic mass is 10.0. The molecule has 1 rings (SSSR count). The summed E-state index contributed by atoms with van der Waals surface area (Å²) in [5.41, 5.74) is 0.602. The molecule has 0 amide bonds. The molecule has 0 heterocycles. The minimum absolute atomic E-state index is 0.0193. The second-order valence-corrected chi connectivity index (χ2v) is 10.5. The number of ether oxygens (including phenoxy) is 2. The fraction of sp³-hybridized carbons (Fsp3) is 0.781. The summed E-state index contributed by atoms with van der Waals surface area (Å²) in [6.07, 6.45) is 22.9. The number of rotatable bonds is 25. The summed E-state index contributed by atoms with van der Waals surface area (Å²) in [6, 6.07) is 4.79. The SMILES string of the molecule is CCCCCCCCC(CCCCCCCC)OC(=O)CCCCCCCOc1ccc(O)cc1CO. The van der Waals surface area contributed by atoms with Gasteiger partial charge in [0, 0.05) is 12.0 Å². The van der Waals surface area contributed by atoms with Crippen molar-refractivity contribution in [3.05, 3.63) is 23.8 Å². The van der Waals surface area contributed by atoms with Crippen molar-refractivity contribution in [1.82, 2.24) is 0 Å². The van der Waals surface area contributed by atoms with Gasteiger partial charge < -0.3 is 19.7 Å². The van der Waals surface area contributed by atoms with Crippen LogP contribution in [0.15, 0.2) is 18.2 Å². The van der Waals surface area contributed by atoms with Gasteiger partial charge in [-0.15, -0.1) is 0 Å². The normalized spacial score (nSPS) is 11.2. The molecular formula is C32H56O5. The number of unbranched alkanes of at least 4 members (excludes halogenated alkanes) is 14. The van der Waals surface area contributed by atoms with Gasteiger partial charge in [-0.05, 0) is 56.7 Å². The van der Waals surface area contributed by atoms with Gasteiger partial charge in [-0.1, -0.05) is 97.3 Å². The topological polar surface area (TPSA) is 76.0 Å². The molecule has 0 fully saturated rings. The van der Waals surface area contributed by atoms with E-state index in [-0.39, 0.29) is 24.4 Å². The highest BCUT2D eigenvalue weighted by molar-refractivity contribution is 5.69. The quantitative estimate of drug-likeness (QED) is 0.0993. The number of hydrogen-bond acceptors (Lipinski definition) is 5. The van der Waals surface area contributed by atoms with Crippen LogP contribution in [0.2, 0.25) is 0 Å². The lowest BCUT2D eigenvalue weighted by Crippen LogP contribution is -2.18. The van der Waals surface area contributed by atoms with Gasteiger partial charge in [0.2, 0.25) is 0 Å². The summed E-state index contributed by atoms with van der Waals surface area (Å²) < 4.78 is 11.7. The number of benzene rings is 1. The van der Waals surface area contributed by atoms with E-state index in [0.717, 1.165) is 44.9 Å². The fourth-order valence-corrected chi connectivity index (χ4v) is 4.73. The van der Waals surface area contributed by atoms with E-state index in [1.165, 1.54) is 83.1 Å². The van der Waals surface area contributed by atoms with E-state index in [9.17, 15) is 15.0 Å². The number of esters is 1. The molecule has 5 nitrogen and oxygen atoms in total. The molecule has 0 unspecified atom stereocenters. The van der Waals surface area contributed by atoms with Crippen molar-refractivity contribution in [1.29, 1.82) is 0 Å². The molecule has 0 aliphatic heterocycles. The third-order valence-corrected chi connectivity index (χ3v) is 7.05. The average molecular weight is 521 g/mol. The molecule has 214 valence electrons. The van der Waals surface area contributed by atoms with Crippen molar-refractivity contribution < 1.29 is 24.5 Å². The summed E-state index contributed by atoms with van der Waals surface area (Å²) >= 11 is 0. The Morgan fingerprint density at radius 3 is 1.89 bits per heavy atom. The Bertz CT molecular complexity index is 659. The summed E-state index contributed by atoms with van der Waals surface area (Å²) in [6.45, 7) is 4.92. The lowest BCUT2D eigenvalue weighted by Gasteiger charge is -2.18. The van der Waals surface area contributed by atoms with Crippen LogP contribution in [0.25, 0.3) is 0 Å². The first-order valence-electron chi connectivity index (χ1n) is 15.4. The van der Waals surface area contributed by atoms with Gasteiger partial charge in [0.25, 0.3) is 0 Å². The lowest BCUT2D eigenvalue weighted by molar-refractivity contribution is -0.150. The molecule has 0 saturated heterocycles. The van der Waals surface area contributed by atoms with Crippen LogP contribution < -0.4 is 4.74 Å². The average Bonchev–Trinajstić information content (AvgIpc) is 2.89. The number of aliphatic hydroxyl groups excluding tert-OH is 1. The Hall–Kier alpha value is -1.75. The van der Waals surface area contributed by atoms with Crippen LogP contribution in [0.4, 0.5) is 0 Å². The Balaban J connectivity index is 2.18. The van der Waals surface area contributed by atoms with Gasteiger partial charge in [0.15, 0.2) is 0 Å². The van der Waals surface area contributed by atoms with Crippen LogP contribution in [-0.4, -0.2) is 28.9 Å². The minimum Gasteiger partial charge on any atom is -0.508 e. The summed E-state index contributed by atoms with van der Waals surface area (Å²) in [4.78, 5) is 12.5. The Morgan fingerprint density at radius 1 is 0.757 bits per heavy atom. The number of aliphatic hydroxyl groups is 1. The molecule has 0 bridgehead atoms. The van der Waals surface area contributed by atoms with E-state index in [1.54, 1.807) is 12.1 Å². The number of aromatic hydroxyl groups is 1. The first-order valence-corrected chi connectivity index (χ1v) is 15.4. The van der Waals surface area contributed by atoms with E-state index < -0.39 is 0 Å². The van der Waals surface area contributed by atoms with Crippen LogP contribution in [-0.2, 0) is 16.1 Å². The maximum atomic E-state index is 12.5. The largest absolute Gasteiger partial charge is 0.508 e. The highest BCUT2D eigenvalue weighted by Crippen LogP contribution is 2.24. The summed E-state index contributed by atoms with van der Waals surface area (Å²) in [5, 5.41) is 18.9. The number of carbonyl (C=O) groups excluding carboxylic acids is 1. The zero-order valence-corrected chi connectivity index (χ0v) is 24.0. The second kappa shape index (κ2) is 23.4. The van der Waals surface area contributed by atoms with Crippen LogP contribution in [0.3, 0.4) is 0 Å². The van der Waals surface area contributed by atoms with Gasteiger partial charge >= 0.3 is 5.97 Å². The van der Waals surface area contributed by atoms with Crippen LogP contribution in [0.1, 0.15) is 148 Å². The van der Waals surface area contributed by atoms with E-state index >= 15 is 0 Å². The predicted molar refractivity (Wildman–Crippen MR) is 153 cm³/mol. The molecule has 0 radical (unpaired) electrons. The van der Waals surface area contributed by atoms with Crippen LogP contribution >= 0.6 is 0 Å². The smallest absolute Gasteiger partial charge is 0.306 e. The number of phenolic OH excluding ortho intramolecular Hbond substituents is 1. The van der Waals surface area contributed by atoms with E-state index in [1.807, 2.05) is 0 Å². The van der Waals surface area contributed by atoms with Crippen molar-refractivity contribution in [2.45, 2.75) is 155 Å². The van der Waals surface area contributed by atoms with Crippen LogP contribution in [0, 0.1) is 0 Å². The molecule has 0 saturated carbocycles. The molecule has 0 atom stereocenters. The molecule has 37 heavy (non-hydrogen) atoms. The Labute approximate surface area is 227 Å². The predicted octanol–water partition coefficient (Wildman–Crippen LogP) is 9.02. The third kappa shape index (κ3) is 18.2. The molecule has 0 aromatic heterocycles.